The lowest BCUT2D eigenvalue weighted by Crippen LogP contribution is -2.68. The van der Waals surface area contributed by atoms with Crippen molar-refractivity contribution in [3.63, 3.8) is 0 Å². The summed E-state index contributed by atoms with van der Waals surface area (Å²) in [7, 11) is 0. The van der Waals surface area contributed by atoms with E-state index in [2.05, 4.69) is 36.6 Å². The Balaban J connectivity index is 1.30. The monoisotopic (exact) mass is 510 g/mol. The zero-order valence-electron chi connectivity index (χ0n) is 19.2. The molecule has 3 unspecified atom stereocenters. The Hall–Kier alpha value is -4.20. The Morgan fingerprint density at radius 1 is 1.17 bits per heavy atom. The number of aromatic nitrogens is 4. The van der Waals surface area contributed by atoms with Gasteiger partial charge in [-0.25, -0.2) is 4.79 Å². The van der Waals surface area contributed by atoms with Gasteiger partial charge < -0.3 is 20.0 Å². The molecule has 2 aliphatic heterocycles. The van der Waals surface area contributed by atoms with Crippen LogP contribution in [0.1, 0.15) is 47.9 Å². The van der Waals surface area contributed by atoms with Gasteiger partial charge in [-0.1, -0.05) is 35.5 Å². The van der Waals surface area contributed by atoms with Crippen LogP contribution < -0.4 is 16.0 Å². The lowest BCUT2D eigenvalue weighted by Gasteiger charge is -2.44. The summed E-state index contributed by atoms with van der Waals surface area (Å²) in [5, 5.41) is 21.2. The minimum Gasteiger partial charge on any atom is -0.459 e. The van der Waals surface area contributed by atoms with Gasteiger partial charge in [0.2, 0.25) is 11.8 Å². The molecule has 0 radical (unpaired) electrons. The van der Waals surface area contributed by atoms with Gasteiger partial charge in [0.1, 0.15) is 23.5 Å². The van der Waals surface area contributed by atoms with E-state index in [1.54, 1.807) is 35.2 Å². The van der Waals surface area contributed by atoms with Gasteiger partial charge in [0, 0.05) is 4.75 Å². The van der Waals surface area contributed by atoms with E-state index in [1.807, 2.05) is 13.8 Å². The number of hydrogen-bond donors (Lipinski definition) is 4. The van der Waals surface area contributed by atoms with Crippen molar-refractivity contribution >= 4 is 35.5 Å². The van der Waals surface area contributed by atoms with Crippen molar-refractivity contribution in [1.29, 1.82) is 0 Å². The highest BCUT2D eigenvalue weighted by molar-refractivity contribution is 8.01. The number of carbonyl (C=O) groups is 4. The Kier molecular flexibility index (Phi) is 5.96. The lowest BCUT2D eigenvalue weighted by atomic mass is 9.95. The molecular weight excluding hydrogens is 488 g/mol. The predicted octanol–water partition coefficient (Wildman–Crippen LogP) is 0.893. The second-order valence-corrected chi connectivity index (χ2v) is 10.5. The molecule has 3 aromatic rings. The van der Waals surface area contributed by atoms with Gasteiger partial charge in [-0.05, 0) is 31.5 Å². The number of β-lactam (4-membered cyclic amide) rings is 1. The van der Waals surface area contributed by atoms with Gasteiger partial charge in [0.15, 0.2) is 11.6 Å². The van der Waals surface area contributed by atoms with Gasteiger partial charge in [-0.15, -0.1) is 22.0 Å². The molecule has 4 heterocycles. The van der Waals surface area contributed by atoms with E-state index in [4.69, 9.17) is 4.42 Å². The van der Waals surface area contributed by atoms with Gasteiger partial charge in [-0.2, -0.15) is 5.21 Å². The number of furan rings is 1. The van der Waals surface area contributed by atoms with Crippen LogP contribution in [0.25, 0.3) is 0 Å². The van der Waals surface area contributed by atoms with E-state index < -0.39 is 40.7 Å². The number of aromatic amines is 1. The average Bonchev–Trinajstić information content (AvgIpc) is 3.61. The number of benzene rings is 1. The lowest BCUT2D eigenvalue weighted by molar-refractivity contribution is -0.152. The average molecular weight is 511 g/mol. The third-order valence-corrected chi connectivity index (χ3v) is 7.56. The fourth-order valence-electron chi connectivity index (χ4n) is 4.37. The van der Waals surface area contributed by atoms with Crippen molar-refractivity contribution in [2.45, 2.75) is 42.1 Å². The molecule has 4 N–H and O–H groups in total. The van der Waals surface area contributed by atoms with Crippen LogP contribution in [-0.4, -0.2) is 65.4 Å². The van der Waals surface area contributed by atoms with Crippen molar-refractivity contribution in [2.24, 2.45) is 0 Å². The van der Waals surface area contributed by atoms with Gasteiger partial charge in [-0.3, -0.25) is 19.7 Å². The van der Waals surface area contributed by atoms with Crippen molar-refractivity contribution < 1.29 is 23.6 Å². The summed E-state index contributed by atoms with van der Waals surface area (Å²) in [6.45, 7) is 3.94. The summed E-state index contributed by atoms with van der Waals surface area (Å²) in [4.78, 5) is 52.8. The topological polar surface area (TPSA) is 175 Å². The Bertz CT molecular complexity index is 1280. The van der Waals surface area contributed by atoms with E-state index in [0.717, 1.165) is 0 Å². The summed E-state index contributed by atoms with van der Waals surface area (Å²) < 4.78 is 4.56. The van der Waals surface area contributed by atoms with Crippen LogP contribution in [0.4, 0.5) is 4.79 Å². The third-order valence-electron chi connectivity index (χ3n) is 5.99. The molecule has 36 heavy (non-hydrogen) atoms. The standard InChI is InChI=1S/C22H22N8O5S/c1-22(2)15(16-26-28-29-27-16)30-19(33)14(20(30)36-22)23-18(32)13(11-7-4-3-5-8-11)24-21(34)25-17(31)12-9-6-10-35-12/h3-10,13-15,20H,1-2H3,(H,23,32)(H2,24,25,31,34)(H,26,27,28,29)/t13?,14?,15?,20-/m0/s1. The molecule has 2 aliphatic rings. The number of nitrogens with one attached hydrogen (secondary N) is 4. The molecule has 5 rings (SSSR count). The predicted molar refractivity (Wildman–Crippen MR) is 125 cm³/mol. The van der Waals surface area contributed by atoms with Crippen LogP contribution in [0.5, 0.6) is 0 Å². The highest BCUT2D eigenvalue weighted by Crippen LogP contribution is 2.56. The number of rotatable bonds is 6. The van der Waals surface area contributed by atoms with E-state index in [9.17, 15) is 19.2 Å². The Labute approximate surface area is 208 Å². The molecule has 14 heteroatoms. The van der Waals surface area contributed by atoms with E-state index >= 15 is 0 Å². The molecule has 1 aromatic carbocycles. The van der Waals surface area contributed by atoms with Crippen LogP contribution in [0, 0.1) is 0 Å². The van der Waals surface area contributed by atoms with Gasteiger partial charge in [0.25, 0.3) is 5.91 Å². The first kappa shape index (κ1) is 23.5. The van der Waals surface area contributed by atoms with E-state index in [0.29, 0.717) is 11.4 Å². The molecule has 186 valence electrons. The fraction of sp³-hybridized carbons (Fsp3) is 0.318. The van der Waals surface area contributed by atoms with Crippen molar-refractivity contribution in [2.75, 3.05) is 0 Å². The quantitative estimate of drug-likeness (QED) is 0.351. The van der Waals surface area contributed by atoms with Gasteiger partial charge >= 0.3 is 6.03 Å². The zero-order chi connectivity index (χ0) is 25.4. The first-order valence-corrected chi connectivity index (χ1v) is 11.9. The number of nitrogens with zero attached hydrogens (tertiary/aromatic N) is 4. The summed E-state index contributed by atoms with van der Waals surface area (Å²) >= 11 is 1.52. The molecule has 0 spiro atoms. The van der Waals surface area contributed by atoms with Crippen LogP contribution in [0.2, 0.25) is 0 Å². The van der Waals surface area contributed by atoms with E-state index in [-0.39, 0.29) is 17.0 Å². The normalized spacial score (nSPS) is 22.8. The molecule has 2 fully saturated rings. The molecule has 0 saturated carbocycles. The SMILES string of the molecule is CC1(C)S[C@H]2C(NC(=O)C(NC(=O)NC(=O)c3ccco3)c3ccccc3)C(=O)N2C1c1nn[nH]n1. The molecule has 5 amide bonds. The minimum atomic E-state index is -1.16. The first-order chi connectivity index (χ1) is 17.3. The third kappa shape index (κ3) is 4.19. The summed E-state index contributed by atoms with van der Waals surface area (Å²) in [6, 6.07) is 8.16. The molecular formula is C22H22N8O5S. The molecule has 2 saturated heterocycles. The maximum absolute atomic E-state index is 13.3. The van der Waals surface area contributed by atoms with E-state index in [1.165, 1.54) is 30.2 Å². The number of imide groups is 1. The Morgan fingerprint density at radius 2 is 1.94 bits per heavy atom. The van der Waals surface area contributed by atoms with Crippen LogP contribution in [-0.2, 0) is 9.59 Å². The van der Waals surface area contributed by atoms with Crippen molar-refractivity contribution in [1.82, 2.24) is 41.5 Å². The number of fused-ring (bicyclic) bond motifs is 1. The minimum absolute atomic E-state index is 0.0527. The van der Waals surface area contributed by atoms with Crippen LogP contribution in [0.3, 0.4) is 0 Å². The van der Waals surface area contributed by atoms with Gasteiger partial charge in [0.05, 0.1) is 6.26 Å². The number of carbonyl (C=O) groups excluding carboxylic acids is 4. The number of H-pyrrole nitrogens is 1. The molecule has 13 nitrogen and oxygen atoms in total. The number of urea groups is 1. The first-order valence-electron chi connectivity index (χ1n) is 11.0. The molecule has 0 bridgehead atoms. The molecule has 0 aliphatic carbocycles. The van der Waals surface area contributed by atoms with Crippen molar-refractivity contribution in [3.05, 3.63) is 65.9 Å². The summed E-state index contributed by atoms with van der Waals surface area (Å²) in [5.74, 6) is -1.30. The fourth-order valence-corrected chi connectivity index (χ4v) is 6.00. The smallest absolute Gasteiger partial charge is 0.322 e. The second-order valence-electron chi connectivity index (χ2n) is 8.76. The summed E-state index contributed by atoms with van der Waals surface area (Å²) in [5.41, 5.74) is 0.475. The molecule has 4 atom stereocenters. The maximum atomic E-state index is 13.3. The molecule has 2 aromatic heterocycles. The van der Waals surface area contributed by atoms with Crippen LogP contribution >= 0.6 is 11.8 Å². The number of thioether (sulfide) groups is 1. The highest BCUT2D eigenvalue weighted by Gasteiger charge is 2.63. The maximum Gasteiger partial charge on any atom is 0.322 e. The Morgan fingerprint density at radius 3 is 2.61 bits per heavy atom. The number of hydrogen-bond acceptors (Lipinski definition) is 9. The van der Waals surface area contributed by atoms with Crippen molar-refractivity contribution in [3.8, 4) is 0 Å². The zero-order valence-corrected chi connectivity index (χ0v) is 20.0. The number of amides is 5. The number of tetrazole rings is 1. The summed E-state index contributed by atoms with van der Waals surface area (Å²) in [6.07, 6.45) is 1.30. The van der Waals surface area contributed by atoms with Crippen LogP contribution in [0.15, 0.2) is 53.1 Å². The largest absolute Gasteiger partial charge is 0.459 e. The highest BCUT2D eigenvalue weighted by atomic mass is 32.2. The second kappa shape index (κ2) is 9.11.